The third-order valence-electron chi connectivity index (χ3n) is 3.96. The Kier molecular flexibility index (Phi) is 3.76. The van der Waals surface area contributed by atoms with Crippen molar-refractivity contribution < 1.29 is 41.0 Å². The second-order valence-corrected chi connectivity index (χ2v) is 5.34. The lowest BCUT2D eigenvalue weighted by atomic mass is 9.94. The molecule has 0 heterocycles. The van der Waals surface area contributed by atoms with Crippen molar-refractivity contribution in [3.63, 3.8) is 0 Å². The zero-order valence-electron chi connectivity index (χ0n) is 10.5. The van der Waals surface area contributed by atoms with Gasteiger partial charge < -0.3 is 9.84 Å². The maximum absolute atomic E-state index is 12.4. The van der Waals surface area contributed by atoms with E-state index in [4.69, 9.17) is 5.11 Å². The predicted molar refractivity (Wildman–Crippen MR) is 56.9 cm³/mol. The van der Waals surface area contributed by atoms with Crippen LogP contribution < -0.4 is 0 Å². The quantitative estimate of drug-likeness (QED) is 0.494. The summed E-state index contributed by atoms with van der Waals surface area (Å²) >= 11 is 0. The number of carbonyl (C=O) groups is 1. The molecule has 120 valence electrons. The van der Waals surface area contributed by atoms with Crippen LogP contribution in [0.1, 0.15) is 12.8 Å². The van der Waals surface area contributed by atoms with E-state index < -0.39 is 30.5 Å². The van der Waals surface area contributed by atoms with E-state index in [1.54, 1.807) is 0 Å². The lowest BCUT2D eigenvalue weighted by Crippen LogP contribution is -2.63. The Labute approximate surface area is 115 Å². The molecule has 0 spiro atoms. The average Bonchev–Trinajstić information content (AvgIpc) is 2.93. The molecular formula is C12H12F6O3. The highest BCUT2D eigenvalue weighted by Gasteiger charge is 2.76. The van der Waals surface area contributed by atoms with Gasteiger partial charge in [-0.15, -0.1) is 0 Å². The van der Waals surface area contributed by atoms with Gasteiger partial charge in [0.1, 0.15) is 0 Å². The number of carbonyl (C=O) groups excluding carboxylic acids is 1. The van der Waals surface area contributed by atoms with Gasteiger partial charge in [0.2, 0.25) is 0 Å². The fourth-order valence-electron chi connectivity index (χ4n) is 2.77. The second kappa shape index (κ2) is 4.89. The first kappa shape index (κ1) is 16.1. The van der Waals surface area contributed by atoms with Crippen LogP contribution in [0.4, 0.5) is 26.3 Å². The molecule has 0 aromatic heterocycles. The number of hydrogen-bond acceptors (Lipinski definition) is 3. The van der Waals surface area contributed by atoms with Crippen LogP contribution in [-0.2, 0) is 9.53 Å². The zero-order valence-corrected chi connectivity index (χ0v) is 10.5. The number of aliphatic hydroxyl groups is 1. The average molecular weight is 318 g/mol. The molecular weight excluding hydrogens is 306 g/mol. The van der Waals surface area contributed by atoms with Gasteiger partial charge in [-0.2, -0.15) is 26.3 Å². The summed E-state index contributed by atoms with van der Waals surface area (Å²) in [6, 6.07) is 0. The standard InChI is InChI=1S/C12H12F6O3/c13-11(14,15)10(20,12(16,17)18)9(19)21-5-8-4-6-1-2-7(8)3-6/h1-2,6-8,20H,3-5H2. The van der Waals surface area contributed by atoms with Crippen molar-refractivity contribution in [2.24, 2.45) is 17.8 Å². The van der Waals surface area contributed by atoms with E-state index in [1.165, 1.54) is 0 Å². The summed E-state index contributed by atoms with van der Waals surface area (Å²) < 4.78 is 78.6. The van der Waals surface area contributed by atoms with Gasteiger partial charge in [0.15, 0.2) is 0 Å². The van der Waals surface area contributed by atoms with Gasteiger partial charge in [-0.05, 0) is 30.6 Å². The molecule has 1 N–H and O–H groups in total. The summed E-state index contributed by atoms with van der Waals surface area (Å²) in [5.74, 6) is -2.82. The Bertz CT molecular complexity index is 439. The van der Waals surface area contributed by atoms with Crippen molar-refractivity contribution >= 4 is 5.97 Å². The number of halogens is 6. The third kappa shape index (κ3) is 2.63. The minimum absolute atomic E-state index is 0.00679. The Hall–Kier alpha value is -1.25. The van der Waals surface area contributed by atoms with Gasteiger partial charge in [-0.25, -0.2) is 4.79 Å². The summed E-state index contributed by atoms with van der Waals surface area (Å²) in [5, 5.41) is 8.82. The molecule has 21 heavy (non-hydrogen) atoms. The monoisotopic (exact) mass is 318 g/mol. The van der Waals surface area contributed by atoms with Gasteiger partial charge in [0.25, 0.3) is 0 Å². The molecule has 2 rings (SSSR count). The zero-order chi connectivity index (χ0) is 16.1. The molecule has 0 aliphatic heterocycles. The number of ether oxygens (including phenoxy) is 1. The van der Waals surface area contributed by atoms with Crippen LogP contribution >= 0.6 is 0 Å². The molecule has 0 radical (unpaired) electrons. The fourth-order valence-corrected chi connectivity index (χ4v) is 2.77. The molecule has 1 saturated carbocycles. The Morgan fingerprint density at radius 3 is 2.05 bits per heavy atom. The lowest BCUT2D eigenvalue weighted by Gasteiger charge is -2.30. The Balaban J connectivity index is 2.05. The van der Waals surface area contributed by atoms with Crippen molar-refractivity contribution in [2.45, 2.75) is 30.8 Å². The van der Waals surface area contributed by atoms with Crippen molar-refractivity contribution in [2.75, 3.05) is 6.61 Å². The summed E-state index contributed by atoms with van der Waals surface area (Å²) in [6.45, 7) is -0.571. The molecule has 1 fully saturated rings. The van der Waals surface area contributed by atoms with E-state index in [0.717, 1.165) is 6.42 Å². The second-order valence-electron chi connectivity index (χ2n) is 5.34. The van der Waals surface area contributed by atoms with Gasteiger partial charge in [-0.3, -0.25) is 0 Å². The van der Waals surface area contributed by atoms with E-state index in [1.807, 2.05) is 12.2 Å². The summed E-state index contributed by atoms with van der Waals surface area (Å²) in [7, 11) is 0. The SMILES string of the molecule is O=C(OCC1CC2C=CC1C2)C(O)(C(F)(F)F)C(F)(F)F. The highest BCUT2D eigenvalue weighted by atomic mass is 19.4. The summed E-state index contributed by atoms with van der Waals surface area (Å²) in [4.78, 5) is 11.2. The molecule has 2 aliphatic carbocycles. The Morgan fingerprint density at radius 2 is 1.67 bits per heavy atom. The number of rotatable bonds is 3. The maximum Gasteiger partial charge on any atom is 0.437 e. The number of esters is 1. The van der Waals surface area contributed by atoms with Gasteiger partial charge >= 0.3 is 23.9 Å². The number of alkyl halides is 6. The highest BCUT2D eigenvalue weighted by molar-refractivity contribution is 5.81. The molecule has 2 aliphatic rings. The molecule has 2 bridgehead atoms. The smallest absolute Gasteiger partial charge is 0.437 e. The van der Waals surface area contributed by atoms with E-state index in [0.29, 0.717) is 6.42 Å². The minimum Gasteiger partial charge on any atom is -0.463 e. The van der Waals surface area contributed by atoms with E-state index in [-0.39, 0.29) is 17.8 Å². The Morgan fingerprint density at radius 1 is 1.10 bits per heavy atom. The van der Waals surface area contributed by atoms with Gasteiger partial charge in [0, 0.05) is 0 Å². The summed E-state index contributed by atoms with van der Waals surface area (Å²) in [6.07, 6.45) is -7.36. The number of allylic oxidation sites excluding steroid dienone is 2. The minimum atomic E-state index is -6.20. The van der Waals surface area contributed by atoms with Crippen LogP contribution in [0.2, 0.25) is 0 Å². The lowest BCUT2D eigenvalue weighted by molar-refractivity contribution is -0.357. The first-order valence-electron chi connectivity index (χ1n) is 6.18. The van der Waals surface area contributed by atoms with Crippen LogP contribution in [0.15, 0.2) is 12.2 Å². The molecule has 0 aromatic carbocycles. The van der Waals surface area contributed by atoms with Gasteiger partial charge in [-0.1, -0.05) is 12.2 Å². The van der Waals surface area contributed by atoms with E-state index >= 15 is 0 Å². The van der Waals surface area contributed by atoms with Crippen molar-refractivity contribution in [3.05, 3.63) is 12.2 Å². The molecule has 9 heteroatoms. The van der Waals surface area contributed by atoms with E-state index in [2.05, 4.69) is 4.74 Å². The van der Waals surface area contributed by atoms with Crippen LogP contribution in [-0.4, -0.2) is 35.6 Å². The fraction of sp³-hybridized carbons (Fsp3) is 0.750. The maximum atomic E-state index is 12.4. The van der Waals surface area contributed by atoms with Gasteiger partial charge in [0.05, 0.1) is 6.61 Å². The first-order chi connectivity index (χ1) is 9.47. The van der Waals surface area contributed by atoms with E-state index in [9.17, 15) is 31.1 Å². The van der Waals surface area contributed by atoms with Crippen molar-refractivity contribution in [3.8, 4) is 0 Å². The molecule has 3 atom stereocenters. The first-order valence-corrected chi connectivity index (χ1v) is 6.18. The normalized spacial score (nSPS) is 29.0. The summed E-state index contributed by atoms with van der Waals surface area (Å²) in [5.41, 5.74) is -5.49. The predicted octanol–water partition coefficient (Wildman–Crippen LogP) is 2.60. The van der Waals surface area contributed by atoms with Crippen LogP contribution in [0.3, 0.4) is 0 Å². The third-order valence-corrected chi connectivity index (χ3v) is 3.96. The number of fused-ring (bicyclic) bond motifs is 2. The molecule has 3 nitrogen and oxygen atoms in total. The van der Waals surface area contributed by atoms with Crippen molar-refractivity contribution in [1.82, 2.24) is 0 Å². The molecule has 0 aromatic rings. The highest BCUT2D eigenvalue weighted by Crippen LogP contribution is 2.46. The van der Waals surface area contributed by atoms with Crippen LogP contribution in [0.5, 0.6) is 0 Å². The van der Waals surface area contributed by atoms with Crippen molar-refractivity contribution in [1.29, 1.82) is 0 Å². The van der Waals surface area contributed by atoms with Crippen LogP contribution in [0, 0.1) is 17.8 Å². The molecule has 0 saturated heterocycles. The number of hydrogen-bond donors (Lipinski definition) is 1. The topological polar surface area (TPSA) is 46.5 Å². The largest absolute Gasteiger partial charge is 0.463 e. The molecule has 0 amide bonds. The van der Waals surface area contributed by atoms with Crippen LogP contribution in [0.25, 0.3) is 0 Å². The molecule has 3 unspecified atom stereocenters.